The molecule has 0 bridgehead atoms. The Labute approximate surface area is 81.5 Å². The summed E-state index contributed by atoms with van der Waals surface area (Å²) in [4.78, 5) is 0. The van der Waals surface area contributed by atoms with E-state index in [-0.39, 0.29) is 11.9 Å². The maximum atomic E-state index is 13.5. The van der Waals surface area contributed by atoms with Crippen LogP contribution in [-0.2, 0) is 0 Å². The van der Waals surface area contributed by atoms with Crippen LogP contribution >= 0.6 is 0 Å². The molecule has 0 radical (unpaired) electrons. The standard InChI is InChI=1S/C11H12FNO/c1-6-3-4-9(12)10-8(7(2)13)5-14-11(6)10/h3-5,7H,13H2,1-2H3. The highest BCUT2D eigenvalue weighted by Gasteiger charge is 2.14. The summed E-state index contributed by atoms with van der Waals surface area (Å²) in [6, 6.07) is 2.93. The first kappa shape index (κ1) is 9.21. The fraction of sp³-hybridized carbons (Fsp3) is 0.273. The van der Waals surface area contributed by atoms with Gasteiger partial charge in [-0.2, -0.15) is 0 Å². The number of hydrogen-bond donors (Lipinski definition) is 1. The quantitative estimate of drug-likeness (QED) is 0.756. The lowest BCUT2D eigenvalue weighted by molar-refractivity contribution is 0.601. The van der Waals surface area contributed by atoms with Gasteiger partial charge in [-0.1, -0.05) is 6.07 Å². The van der Waals surface area contributed by atoms with E-state index in [0.717, 1.165) is 11.1 Å². The van der Waals surface area contributed by atoms with Crippen LogP contribution in [0.5, 0.6) is 0 Å². The molecule has 2 N–H and O–H groups in total. The van der Waals surface area contributed by atoms with Crippen molar-refractivity contribution < 1.29 is 8.81 Å². The maximum absolute atomic E-state index is 13.5. The molecule has 0 fully saturated rings. The van der Waals surface area contributed by atoms with E-state index in [2.05, 4.69) is 0 Å². The third-order valence-corrected chi connectivity index (χ3v) is 2.39. The van der Waals surface area contributed by atoms with E-state index in [1.807, 2.05) is 13.8 Å². The van der Waals surface area contributed by atoms with Gasteiger partial charge in [0.05, 0.1) is 11.6 Å². The summed E-state index contributed by atoms with van der Waals surface area (Å²) >= 11 is 0. The molecule has 2 aromatic rings. The molecule has 1 heterocycles. The first-order valence-electron chi connectivity index (χ1n) is 4.53. The van der Waals surface area contributed by atoms with Gasteiger partial charge in [0.2, 0.25) is 0 Å². The summed E-state index contributed by atoms with van der Waals surface area (Å²) in [5, 5.41) is 0.514. The third-order valence-electron chi connectivity index (χ3n) is 2.39. The predicted molar refractivity (Wildman–Crippen MR) is 53.5 cm³/mol. The van der Waals surface area contributed by atoms with Crippen molar-refractivity contribution in [1.82, 2.24) is 0 Å². The molecule has 14 heavy (non-hydrogen) atoms. The molecule has 0 aliphatic heterocycles. The van der Waals surface area contributed by atoms with Crippen LogP contribution < -0.4 is 5.73 Å². The van der Waals surface area contributed by atoms with Gasteiger partial charge in [0.1, 0.15) is 11.4 Å². The van der Waals surface area contributed by atoms with Gasteiger partial charge in [-0.05, 0) is 25.5 Å². The Balaban J connectivity index is 2.84. The van der Waals surface area contributed by atoms with E-state index in [9.17, 15) is 4.39 Å². The second-order valence-electron chi connectivity index (χ2n) is 3.55. The molecule has 2 nitrogen and oxygen atoms in total. The fourth-order valence-electron chi connectivity index (χ4n) is 1.60. The lowest BCUT2D eigenvalue weighted by atomic mass is 10.1. The Hall–Kier alpha value is -1.35. The highest BCUT2D eigenvalue weighted by molar-refractivity contribution is 5.84. The minimum atomic E-state index is -0.272. The van der Waals surface area contributed by atoms with Crippen LogP contribution in [0.15, 0.2) is 22.8 Å². The van der Waals surface area contributed by atoms with Crippen molar-refractivity contribution in [2.45, 2.75) is 19.9 Å². The summed E-state index contributed by atoms with van der Waals surface area (Å²) in [7, 11) is 0. The lowest BCUT2D eigenvalue weighted by Crippen LogP contribution is -2.04. The molecule has 1 aromatic heterocycles. The van der Waals surface area contributed by atoms with Gasteiger partial charge in [-0.3, -0.25) is 0 Å². The average Bonchev–Trinajstić information content (AvgIpc) is 2.56. The van der Waals surface area contributed by atoms with Crippen LogP contribution in [0.3, 0.4) is 0 Å². The Morgan fingerprint density at radius 3 is 2.79 bits per heavy atom. The molecule has 2 rings (SSSR count). The van der Waals surface area contributed by atoms with Crippen molar-refractivity contribution >= 4 is 11.0 Å². The Morgan fingerprint density at radius 1 is 1.43 bits per heavy atom. The van der Waals surface area contributed by atoms with Gasteiger partial charge in [-0.25, -0.2) is 4.39 Å². The van der Waals surface area contributed by atoms with Gasteiger partial charge >= 0.3 is 0 Å². The molecule has 0 amide bonds. The maximum Gasteiger partial charge on any atom is 0.140 e. The van der Waals surface area contributed by atoms with Crippen LogP contribution in [0.2, 0.25) is 0 Å². The number of hydrogen-bond acceptors (Lipinski definition) is 2. The van der Waals surface area contributed by atoms with Crippen LogP contribution in [0.25, 0.3) is 11.0 Å². The molecule has 0 spiro atoms. The summed E-state index contributed by atoms with van der Waals surface area (Å²) in [5.41, 5.74) is 7.96. The zero-order chi connectivity index (χ0) is 10.3. The van der Waals surface area contributed by atoms with E-state index in [1.165, 1.54) is 12.3 Å². The number of furan rings is 1. The number of fused-ring (bicyclic) bond motifs is 1. The van der Waals surface area contributed by atoms with E-state index >= 15 is 0 Å². The lowest BCUT2D eigenvalue weighted by Gasteiger charge is -2.02. The number of nitrogens with two attached hydrogens (primary N) is 1. The Kier molecular flexibility index (Phi) is 2.04. The van der Waals surface area contributed by atoms with Crippen molar-refractivity contribution in [1.29, 1.82) is 0 Å². The molecule has 1 aromatic carbocycles. The van der Waals surface area contributed by atoms with Crippen molar-refractivity contribution in [2.75, 3.05) is 0 Å². The first-order valence-corrected chi connectivity index (χ1v) is 4.53. The highest BCUT2D eigenvalue weighted by Crippen LogP contribution is 2.29. The highest BCUT2D eigenvalue weighted by atomic mass is 19.1. The molecule has 0 saturated carbocycles. The molecular formula is C11H12FNO. The van der Waals surface area contributed by atoms with E-state index in [0.29, 0.717) is 11.0 Å². The SMILES string of the molecule is Cc1ccc(F)c2c(C(C)N)coc12. The molecule has 0 aliphatic carbocycles. The smallest absolute Gasteiger partial charge is 0.140 e. The molecule has 1 atom stereocenters. The second-order valence-corrected chi connectivity index (χ2v) is 3.55. The minimum absolute atomic E-state index is 0.215. The van der Waals surface area contributed by atoms with Crippen molar-refractivity contribution in [2.24, 2.45) is 5.73 Å². The molecule has 3 heteroatoms. The normalized spacial score (nSPS) is 13.4. The van der Waals surface area contributed by atoms with Gasteiger partial charge in [0, 0.05) is 11.6 Å². The van der Waals surface area contributed by atoms with Gasteiger partial charge < -0.3 is 10.2 Å². The zero-order valence-corrected chi connectivity index (χ0v) is 8.17. The topological polar surface area (TPSA) is 39.2 Å². The van der Waals surface area contributed by atoms with E-state index < -0.39 is 0 Å². The fourth-order valence-corrected chi connectivity index (χ4v) is 1.60. The monoisotopic (exact) mass is 193 g/mol. The number of rotatable bonds is 1. The summed E-state index contributed by atoms with van der Waals surface area (Å²) < 4.78 is 18.8. The second kappa shape index (κ2) is 3.10. The number of benzene rings is 1. The summed E-state index contributed by atoms with van der Waals surface area (Å²) in [6.07, 6.45) is 1.53. The summed E-state index contributed by atoms with van der Waals surface area (Å²) in [5.74, 6) is -0.272. The Bertz CT molecular complexity index is 473. The minimum Gasteiger partial charge on any atom is -0.464 e. The zero-order valence-electron chi connectivity index (χ0n) is 8.17. The van der Waals surface area contributed by atoms with Crippen LogP contribution in [-0.4, -0.2) is 0 Å². The molecule has 1 unspecified atom stereocenters. The van der Waals surface area contributed by atoms with Gasteiger partial charge in [0.15, 0.2) is 0 Å². The van der Waals surface area contributed by atoms with E-state index in [4.69, 9.17) is 10.2 Å². The predicted octanol–water partition coefficient (Wildman–Crippen LogP) is 2.90. The van der Waals surface area contributed by atoms with E-state index in [1.54, 1.807) is 6.07 Å². The summed E-state index contributed by atoms with van der Waals surface area (Å²) in [6.45, 7) is 3.70. The van der Waals surface area contributed by atoms with Gasteiger partial charge in [-0.15, -0.1) is 0 Å². The average molecular weight is 193 g/mol. The number of halogens is 1. The van der Waals surface area contributed by atoms with Crippen molar-refractivity contribution in [3.63, 3.8) is 0 Å². The third kappa shape index (κ3) is 1.21. The molecule has 74 valence electrons. The van der Waals surface area contributed by atoms with Crippen molar-refractivity contribution in [3.8, 4) is 0 Å². The molecular weight excluding hydrogens is 181 g/mol. The Morgan fingerprint density at radius 2 is 2.14 bits per heavy atom. The molecule has 0 saturated heterocycles. The van der Waals surface area contributed by atoms with Crippen molar-refractivity contribution in [3.05, 3.63) is 35.3 Å². The van der Waals surface area contributed by atoms with Crippen LogP contribution in [0, 0.1) is 12.7 Å². The van der Waals surface area contributed by atoms with Gasteiger partial charge in [0.25, 0.3) is 0 Å². The molecule has 0 aliphatic rings. The van der Waals surface area contributed by atoms with Crippen LogP contribution in [0.1, 0.15) is 24.1 Å². The first-order chi connectivity index (χ1) is 6.61. The largest absolute Gasteiger partial charge is 0.464 e. The number of aryl methyl sites for hydroxylation is 1. The van der Waals surface area contributed by atoms with Crippen LogP contribution in [0.4, 0.5) is 4.39 Å².